The van der Waals surface area contributed by atoms with Crippen molar-refractivity contribution < 1.29 is 59.4 Å². The van der Waals surface area contributed by atoms with Crippen LogP contribution in [0.4, 0.5) is 40.8 Å². The molecule has 3 unspecified atom stereocenters. The maximum atomic E-state index is 14.0. The largest absolute Gasteiger partial charge is 0.477 e. The number of hydrogen-bond acceptors (Lipinski definition) is 8. The van der Waals surface area contributed by atoms with E-state index < -0.39 is 83.5 Å². The van der Waals surface area contributed by atoms with Gasteiger partial charge in [-0.25, -0.2) is 13.6 Å². The zero-order chi connectivity index (χ0) is 45.7. The van der Waals surface area contributed by atoms with E-state index in [1.54, 1.807) is 4.57 Å². The predicted octanol–water partition coefficient (Wildman–Crippen LogP) is 11.0. The molecule has 2 aromatic carbocycles. The predicted molar refractivity (Wildman–Crippen MR) is 208 cm³/mol. The molecule has 1 aliphatic heterocycles. The number of benzene rings is 2. The van der Waals surface area contributed by atoms with Crippen molar-refractivity contribution in [3.05, 3.63) is 93.9 Å². The summed E-state index contributed by atoms with van der Waals surface area (Å²) in [5.41, 5.74) is 16.4. The van der Waals surface area contributed by atoms with Gasteiger partial charge in [0.15, 0.2) is 5.78 Å². The van der Waals surface area contributed by atoms with Crippen LogP contribution in [-0.2, 0) is 16.0 Å². The number of carboxylic acid groups (broad SMARTS) is 1. The molecule has 2 heterocycles. The molecule has 1 N–H and O–H groups in total. The van der Waals surface area contributed by atoms with E-state index in [2.05, 4.69) is 20.1 Å². The van der Waals surface area contributed by atoms with Gasteiger partial charge in [-0.05, 0) is 93.1 Å². The number of rotatable bonds is 16. The Labute approximate surface area is 355 Å². The van der Waals surface area contributed by atoms with Crippen LogP contribution in [0.2, 0.25) is 10.0 Å². The molecule has 24 heteroatoms. The van der Waals surface area contributed by atoms with Gasteiger partial charge in [0, 0.05) is 62.9 Å². The molecule has 0 amide bonds. The fourth-order valence-corrected chi connectivity index (χ4v) is 7.61. The molecular formula is C38H36Cl2F8N8O6. The van der Waals surface area contributed by atoms with Crippen molar-refractivity contribution in [3.63, 3.8) is 0 Å². The van der Waals surface area contributed by atoms with Gasteiger partial charge in [0.1, 0.15) is 23.1 Å². The van der Waals surface area contributed by atoms with E-state index in [0.29, 0.717) is 18.5 Å². The fraction of sp³-hybridized carbons (Fsp3) is 0.526. The Morgan fingerprint density at radius 1 is 0.855 bits per heavy atom. The average Bonchev–Trinajstić information content (AvgIpc) is 4.10. The zero-order valence-electron chi connectivity index (χ0n) is 32.2. The summed E-state index contributed by atoms with van der Waals surface area (Å²) in [5, 5.41) is 15.5. The molecule has 334 valence electrons. The molecule has 2 fully saturated rings. The monoisotopic (exact) mass is 922 g/mol. The molecule has 3 aromatic rings. The Bertz CT molecular complexity index is 2380. The summed E-state index contributed by atoms with van der Waals surface area (Å²) in [6.45, 7) is -0.171. The lowest BCUT2D eigenvalue weighted by Gasteiger charge is -2.34. The number of nitrogens with zero attached hydrogens (tertiary/aromatic N) is 8. The van der Waals surface area contributed by atoms with Crippen LogP contribution in [0.5, 0.6) is 0 Å². The highest BCUT2D eigenvalue weighted by molar-refractivity contribution is 6.32. The summed E-state index contributed by atoms with van der Waals surface area (Å²) in [4.78, 5) is 56.7. The van der Waals surface area contributed by atoms with Gasteiger partial charge in [0.05, 0.1) is 35.0 Å². The maximum absolute atomic E-state index is 14.0. The molecule has 62 heavy (non-hydrogen) atoms. The van der Waals surface area contributed by atoms with Crippen LogP contribution in [0.15, 0.2) is 39.3 Å². The normalized spacial score (nSPS) is 17.2. The maximum Gasteiger partial charge on any atom is 0.389 e. The highest BCUT2D eigenvalue weighted by atomic mass is 35.5. The number of hydrogen-bond donors (Lipinski definition) is 1. The summed E-state index contributed by atoms with van der Waals surface area (Å²) in [5.74, 6) is -5.72. The Kier molecular flexibility index (Phi) is 15.3. The topological polar surface area (TPSA) is 203 Å². The van der Waals surface area contributed by atoms with Crippen molar-refractivity contribution in [1.82, 2.24) is 4.57 Å². The van der Waals surface area contributed by atoms with E-state index in [1.165, 1.54) is 12.1 Å². The number of anilines is 1. The third-order valence-electron chi connectivity index (χ3n) is 10.3. The lowest BCUT2D eigenvalue weighted by atomic mass is 9.90. The number of alkyl halides is 6. The molecule has 2 saturated carbocycles. The molecular weight excluding hydrogens is 887 g/mol. The summed E-state index contributed by atoms with van der Waals surface area (Å²) in [7, 11) is 0. The number of azide groups is 2. The van der Waals surface area contributed by atoms with Gasteiger partial charge < -0.3 is 19.3 Å². The number of aromatic nitrogens is 1. The number of ether oxygens (including phenoxy) is 1. The molecule has 3 aliphatic rings. The first-order chi connectivity index (χ1) is 29.1. The highest BCUT2D eigenvalue weighted by Crippen LogP contribution is 2.42. The van der Waals surface area contributed by atoms with Crippen LogP contribution in [0.3, 0.4) is 0 Å². The minimum absolute atomic E-state index is 0.0274. The SMILES string of the molecule is [N-]=[N+]=NC(CCCOC(=O)C1CN(C2CC2)c2cc(Cl)c(F)cc2C1=O)CC(F)(F)F.[N-]=[N+]=NC(CCCc1c(C(=O)O)c(=O)c2cc(F)c(Cl)cc2n1C1CC1)CC(F)(F)F. The number of esters is 1. The van der Waals surface area contributed by atoms with Crippen molar-refractivity contribution in [2.45, 2.75) is 107 Å². The van der Waals surface area contributed by atoms with Crippen molar-refractivity contribution in [2.24, 2.45) is 16.1 Å². The molecule has 14 nitrogen and oxygen atoms in total. The lowest BCUT2D eigenvalue weighted by molar-refractivity contribution is -0.147. The van der Waals surface area contributed by atoms with Crippen molar-refractivity contribution in [3.8, 4) is 0 Å². The van der Waals surface area contributed by atoms with E-state index in [4.69, 9.17) is 39.0 Å². The average molecular weight is 924 g/mol. The van der Waals surface area contributed by atoms with E-state index >= 15 is 0 Å². The lowest BCUT2D eigenvalue weighted by Crippen LogP contribution is -2.44. The Morgan fingerprint density at radius 3 is 1.94 bits per heavy atom. The van der Waals surface area contributed by atoms with E-state index in [0.717, 1.165) is 25.0 Å². The van der Waals surface area contributed by atoms with Gasteiger partial charge in [0.2, 0.25) is 5.43 Å². The molecule has 0 bridgehead atoms. The number of carbonyl (C=O) groups is 3. The van der Waals surface area contributed by atoms with Gasteiger partial charge in [-0.15, -0.1) is 0 Å². The summed E-state index contributed by atoms with van der Waals surface area (Å²) in [6, 6.07) is 1.89. The van der Waals surface area contributed by atoms with Gasteiger partial charge in [0.25, 0.3) is 0 Å². The quantitative estimate of drug-likeness (QED) is 0.0280. The fourth-order valence-electron chi connectivity index (χ4n) is 7.29. The number of pyridine rings is 1. The summed E-state index contributed by atoms with van der Waals surface area (Å²) >= 11 is 11.7. The van der Waals surface area contributed by atoms with Crippen LogP contribution in [0, 0.1) is 17.6 Å². The number of fused-ring (bicyclic) bond motifs is 2. The second-order valence-corrected chi connectivity index (χ2v) is 15.8. The third kappa shape index (κ3) is 12.2. The van der Waals surface area contributed by atoms with E-state index in [-0.39, 0.29) is 89.5 Å². The second kappa shape index (κ2) is 19.8. The third-order valence-corrected chi connectivity index (χ3v) is 10.9. The second-order valence-electron chi connectivity index (χ2n) is 15.0. The van der Waals surface area contributed by atoms with Gasteiger partial charge >= 0.3 is 24.3 Å². The van der Waals surface area contributed by atoms with Crippen LogP contribution in [-0.4, -0.2) is 71.0 Å². The number of ketones is 1. The van der Waals surface area contributed by atoms with Crippen molar-refractivity contribution >= 4 is 57.5 Å². The van der Waals surface area contributed by atoms with Crippen molar-refractivity contribution in [2.75, 3.05) is 18.1 Å². The minimum Gasteiger partial charge on any atom is -0.477 e. The molecule has 6 rings (SSSR count). The highest BCUT2D eigenvalue weighted by Gasteiger charge is 2.43. The zero-order valence-corrected chi connectivity index (χ0v) is 33.7. The van der Waals surface area contributed by atoms with Gasteiger partial charge in [-0.2, -0.15) is 26.3 Å². The number of aromatic carboxylic acids is 1. The molecule has 0 spiro atoms. The standard InChI is InChI=1S/C19H19ClF4N4O3.C19H17ClF4N4O3/c20-14-7-16-12(6-15(14)21)17(29)13(9-28(16)11-3-4-11)18(30)31-5-1-2-10(26-27-25)8-19(22,23)24;20-12-7-15-11(6-13(12)21)17(29)16(18(30)31)14(28(15)10-4-5-10)3-1-2-9(26-27-25)8-19(22,23)24/h6-7,10-11,13H,1-5,8-9H2;6-7,9-10H,1-5,8H2,(H,30,31). The van der Waals surface area contributed by atoms with Crippen LogP contribution >= 0.6 is 23.2 Å². The van der Waals surface area contributed by atoms with Crippen LogP contribution < -0.4 is 10.3 Å². The van der Waals surface area contributed by atoms with Gasteiger partial charge in [-0.1, -0.05) is 33.4 Å². The Morgan fingerprint density at radius 2 is 1.40 bits per heavy atom. The summed E-state index contributed by atoms with van der Waals surface area (Å²) in [6.07, 6.45) is -8.68. The molecule has 0 saturated heterocycles. The van der Waals surface area contributed by atoms with Crippen molar-refractivity contribution in [1.29, 1.82) is 0 Å². The number of carbonyl (C=O) groups excluding carboxylic acids is 2. The molecule has 2 aliphatic carbocycles. The first-order valence-electron chi connectivity index (χ1n) is 19.1. The van der Waals surface area contributed by atoms with E-state index in [1.807, 2.05) is 4.90 Å². The Hall–Kier alpha value is -5.30. The minimum atomic E-state index is -4.52. The van der Waals surface area contributed by atoms with Gasteiger partial charge in [-0.3, -0.25) is 14.4 Å². The number of Topliss-reactive ketones (excluding diaryl/α,β-unsaturated/α-hetero) is 1. The smallest absolute Gasteiger partial charge is 0.389 e. The summed E-state index contributed by atoms with van der Waals surface area (Å²) < 4.78 is 110. The number of halogens is 10. The van der Waals surface area contributed by atoms with Crippen LogP contribution in [0.1, 0.15) is 96.7 Å². The molecule has 3 atom stereocenters. The van der Waals surface area contributed by atoms with Crippen LogP contribution in [0.25, 0.3) is 31.8 Å². The first kappa shape index (κ1) is 47.7. The molecule has 0 radical (unpaired) electrons. The first-order valence-corrected chi connectivity index (χ1v) is 19.9. The number of carboxylic acids is 1. The molecule has 1 aromatic heterocycles. The Balaban J connectivity index is 0.000000234. The van der Waals surface area contributed by atoms with E-state index in [9.17, 15) is 59.4 Å².